The first-order valence-electron chi connectivity index (χ1n) is 8.22. The second-order valence-corrected chi connectivity index (χ2v) is 7.87. The lowest BCUT2D eigenvalue weighted by Gasteiger charge is -2.21. The van der Waals surface area contributed by atoms with Gasteiger partial charge < -0.3 is 9.32 Å². The highest BCUT2D eigenvalue weighted by atomic mass is 35.5. The van der Waals surface area contributed by atoms with Gasteiger partial charge in [-0.1, -0.05) is 17.7 Å². The number of thiophene rings is 1. The van der Waals surface area contributed by atoms with E-state index in [9.17, 15) is 4.79 Å². The van der Waals surface area contributed by atoms with Crippen molar-refractivity contribution in [3.63, 3.8) is 0 Å². The van der Waals surface area contributed by atoms with Crippen molar-refractivity contribution < 1.29 is 9.32 Å². The Bertz CT molecular complexity index is 932. The average molecular weight is 361 g/mol. The molecule has 0 radical (unpaired) electrons. The van der Waals surface area contributed by atoms with Crippen LogP contribution in [-0.4, -0.2) is 6.54 Å². The van der Waals surface area contributed by atoms with Crippen molar-refractivity contribution in [1.82, 2.24) is 0 Å². The summed E-state index contributed by atoms with van der Waals surface area (Å²) in [7, 11) is 0. The van der Waals surface area contributed by atoms with Gasteiger partial charge in [-0.25, -0.2) is 4.79 Å². The van der Waals surface area contributed by atoms with Crippen molar-refractivity contribution in [2.75, 3.05) is 6.54 Å². The third kappa shape index (κ3) is 2.90. The van der Waals surface area contributed by atoms with Crippen LogP contribution in [0.3, 0.4) is 0 Å². The Labute approximate surface area is 149 Å². The Kier molecular flexibility index (Phi) is 4.21. The largest absolute Gasteiger partial charge is 0.423 e. The summed E-state index contributed by atoms with van der Waals surface area (Å²) in [5, 5.41) is 3.80. The molecule has 2 atom stereocenters. The number of hydrogen-bond acceptors (Lipinski definition) is 3. The van der Waals surface area contributed by atoms with Gasteiger partial charge in [-0.15, -0.1) is 11.3 Å². The Morgan fingerprint density at radius 3 is 3.04 bits per heavy atom. The SMILES string of the molecule is Cc1cc2oc(=O)cc(C[NH+]3CCC[C@H]3c3cccs3)c2cc1Cl. The van der Waals surface area contributed by atoms with E-state index in [-0.39, 0.29) is 5.63 Å². The molecule has 3 aromatic rings. The maximum absolute atomic E-state index is 12.0. The first-order valence-corrected chi connectivity index (χ1v) is 9.48. The number of hydrogen-bond donors (Lipinski definition) is 1. The van der Waals surface area contributed by atoms with Gasteiger partial charge >= 0.3 is 5.63 Å². The highest BCUT2D eigenvalue weighted by Gasteiger charge is 2.31. The normalized spacial score (nSPS) is 20.8. The van der Waals surface area contributed by atoms with Gasteiger partial charge in [0.05, 0.1) is 11.4 Å². The van der Waals surface area contributed by atoms with Crippen molar-refractivity contribution >= 4 is 33.9 Å². The van der Waals surface area contributed by atoms with Crippen LogP contribution >= 0.6 is 22.9 Å². The van der Waals surface area contributed by atoms with Crippen molar-refractivity contribution in [3.8, 4) is 0 Å². The maximum Gasteiger partial charge on any atom is 0.336 e. The van der Waals surface area contributed by atoms with Crippen LogP contribution in [0.15, 0.2) is 44.9 Å². The van der Waals surface area contributed by atoms with Gasteiger partial charge in [0.15, 0.2) is 0 Å². The van der Waals surface area contributed by atoms with Crippen molar-refractivity contribution in [1.29, 1.82) is 0 Å². The molecule has 1 N–H and O–H groups in total. The summed E-state index contributed by atoms with van der Waals surface area (Å²) in [6.07, 6.45) is 2.42. The van der Waals surface area contributed by atoms with E-state index in [1.54, 1.807) is 6.07 Å². The van der Waals surface area contributed by atoms with E-state index in [1.165, 1.54) is 22.6 Å². The molecule has 0 saturated carbocycles. The lowest BCUT2D eigenvalue weighted by atomic mass is 10.1. The molecular formula is C19H19ClNO2S+. The molecule has 24 heavy (non-hydrogen) atoms. The predicted octanol–water partition coefficient (Wildman–Crippen LogP) is 3.74. The monoisotopic (exact) mass is 360 g/mol. The molecule has 1 aliphatic heterocycles. The van der Waals surface area contributed by atoms with Crippen LogP contribution < -0.4 is 10.5 Å². The average Bonchev–Trinajstić information content (AvgIpc) is 3.20. The molecule has 1 fully saturated rings. The van der Waals surface area contributed by atoms with Crippen molar-refractivity contribution in [3.05, 3.63) is 67.2 Å². The van der Waals surface area contributed by atoms with Gasteiger partial charge in [0, 0.05) is 34.9 Å². The van der Waals surface area contributed by atoms with E-state index >= 15 is 0 Å². The van der Waals surface area contributed by atoms with E-state index in [0.29, 0.717) is 16.6 Å². The van der Waals surface area contributed by atoms with Crippen LogP contribution in [0.5, 0.6) is 0 Å². The summed E-state index contributed by atoms with van der Waals surface area (Å²) in [6.45, 7) is 3.88. The molecule has 4 rings (SSSR count). The summed E-state index contributed by atoms with van der Waals surface area (Å²) >= 11 is 8.12. The van der Waals surface area contributed by atoms with Crippen LogP contribution in [0.25, 0.3) is 11.0 Å². The number of halogens is 1. The minimum absolute atomic E-state index is 0.287. The zero-order chi connectivity index (χ0) is 16.7. The van der Waals surface area contributed by atoms with Crippen molar-refractivity contribution in [2.45, 2.75) is 32.4 Å². The predicted molar refractivity (Wildman–Crippen MR) is 98.1 cm³/mol. The number of nitrogens with one attached hydrogen (secondary N) is 1. The molecule has 1 unspecified atom stereocenters. The lowest BCUT2D eigenvalue weighted by molar-refractivity contribution is -0.931. The second-order valence-electron chi connectivity index (χ2n) is 6.48. The highest BCUT2D eigenvalue weighted by molar-refractivity contribution is 7.10. The molecule has 1 aromatic carbocycles. The van der Waals surface area contributed by atoms with Crippen molar-refractivity contribution in [2.24, 2.45) is 0 Å². The Balaban J connectivity index is 1.74. The van der Waals surface area contributed by atoms with Crippen LogP contribution in [0.1, 0.15) is 34.9 Å². The molecule has 0 bridgehead atoms. The van der Waals surface area contributed by atoms with Crippen LogP contribution in [0.2, 0.25) is 5.02 Å². The summed E-state index contributed by atoms with van der Waals surface area (Å²) in [5.41, 5.74) is 2.30. The first kappa shape index (κ1) is 15.9. The van der Waals surface area contributed by atoms with E-state index in [1.807, 2.05) is 30.4 Å². The van der Waals surface area contributed by atoms with Gasteiger partial charge in [-0.2, -0.15) is 0 Å². The summed E-state index contributed by atoms with van der Waals surface area (Å²) in [5.74, 6) is 0. The number of quaternary nitrogens is 1. The van der Waals surface area contributed by atoms with Crippen LogP contribution in [0, 0.1) is 6.92 Å². The molecule has 1 aliphatic rings. The fourth-order valence-electron chi connectivity index (χ4n) is 3.70. The molecule has 0 spiro atoms. The highest BCUT2D eigenvalue weighted by Crippen LogP contribution is 2.27. The summed E-state index contributed by atoms with van der Waals surface area (Å²) in [4.78, 5) is 14.9. The zero-order valence-corrected chi connectivity index (χ0v) is 15.0. The fourth-order valence-corrected chi connectivity index (χ4v) is 4.78. The third-order valence-electron chi connectivity index (χ3n) is 4.90. The summed E-state index contributed by atoms with van der Waals surface area (Å²) < 4.78 is 5.38. The van der Waals surface area contributed by atoms with Gasteiger partial charge in [0.1, 0.15) is 18.2 Å². The van der Waals surface area contributed by atoms with Crippen LogP contribution in [-0.2, 0) is 6.54 Å². The second kappa shape index (κ2) is 6.36. The molecule has 3 nitrogen and oxygen atoms in total. The molecule has 0 aliphatic carbocycles. The molecule has 0 amide bonds. The smallest absolute Gasteiger partial charge is 0.336 e. The summed E-state index contributed by atoms with van der Waals surface area (Å²) in [6, 6.07) is 10.3. The number of aryl methyl sites for hydroxylation is 1. The third-order valence-corrected chi connectivity index (χ3v) is 6.29. The fraction of sp³-hybridized carbons (Fsp3) is 0.316. The van der Waals surface area contributed by atoms with Gasteiger partial charge in [0.2, 0.25) is 0 Å². The minimum atomic E-state index is -0.287. The number of benzene rings is 1. The van der Waals surface area contributed by atoms with Gasteiger partial charge in [0.25, 0.3) is 0 Å². The number of fused-ring (bicyclic) bond motifs is 1. The zero-order valence-electron chi connectivity index (χ0n) is 13.5. The lowest BCUT2D eigenvalue weighted by Crippen LogP contribution is -3.08. The molecule has 1 saturated heterocycles. The molecule has 124 valence electrons. The topological polar surface area (TPSA) is 34.6 Å². The van der Waals surface area contributed by atoms with Gasteiger partial charge in [-0.3, -0.25) is 0 Å². The molecule has 2 aromatic heterocycles. The minimum Gasteiger partial charge on any atom is -0.423 e. The first-order chi connectivity index (χ1) is 11.6. The Hall–Kier alpha value is -1.62. The van der Waals surface area contributed by atoms with E-state index < -0.39 is 0 Å². The molecule has 3 heterocycles. The van der Waals surface area contributed by atoms with E-state index in [2.05, 4.69) is 17.5 Å². The molecule has 5 heteroatoms. The molecular weight excluding hydrogens is 342 g/mol. The Morgan fingerprint density at radius 2 is 2.25 bits per heavy atom. The Morgan fingerprint density at radius 1 is 1.38 bits per heavy atom. The van der Waals surface area contributed by atoms with E-state index in [0.717, 1.165) is 29.6 Å². The standard InChI is InChI=1S/C19H18ClNO2S/c1-12-8-17-14(10-15(12)20)13(9-19(22)23-17)11-21-6-2-4-16(21)18-5-3-7-24-18/h3,5,7-10,16H,2,4,6,11H2,1H3/p+1/t16-/m0/s1. The van der Waals surface area contributed by atoms with E-state index in [4.69, 9.17) is 16.0 Å². The number of rotatable bonds is 3. The maximum atomic E-state index is 12.0. The van der Waals surface area contributed by atoms with Gasteiger partial charge in [-0.05, 0) is 36.1 Å². The number of likely N-dealkylation sites (tertiary alicyclic amines) is 1. The quantitative estimate of drug-likeness (QED) is 0.722. The van der Waals surface area contributed by atoms with Crippen LogP contribution in [0.4, 0.5) is 0 Å².